The van der Waals surface area contributed by atoms with Crippen molar-refractivity contribution in [2.45, 2.75) is 6.54 Å². The summed E-state index contributed by atoms with van der Waals surface area (Å²) in [5, 5.41) is 21.0. The highest BCUT2D eigenvalue weighted by molar-refractivity contribution is 7.70. The van der Waals surface area contributed by atoms with Crippen LogP contribution in [0.4, 0.5) is 0 Å². The lowest BCUT2D eigenvalue weighted by molar-refractivity contribution is 0.410. The fraction of sp³-hybridized carbons (Fsp3) is 0.0588. The molecule has 3 N–H and O–H groups in total. The van der Waals surface area contributed by atoms with Gasteiger partial charge in [0.1, 0.15) is 0 Å². The average Bonchev–Trinajstić information content (AvgIpc) is 2.89. The van der Waals surface area contributed by atoms with E-state index in [-0.39, 0.29) is 18.1 Å². The summed E-state index contributed by atoms with van der Waals surface area (Å²) < 4.78 is 29.5. The van der Waals surface area contributed by atoms with Crippen LogP contribution in [0.5, 0.6) is 11.5 Å². The molecule has 0 radical (unpaired) electrons. The first-order valence-electron chi connectivity index (χ1n) is 7.24. The minimum Gasteiger partial charge on any atom is -0.502 e. The number of hydrogen-bond acceptors (Lipinski definition) is 5. The quantitative estimate of drug-likeness (QED) is 0.510. The molecule has 0 aliphatic rings. The Labute approximate surface area is 150 Å². The summed E-state index contributed by atoms with van der Waals surface area (Å²) in [6, 6.07) is 13.4. The van der Waals surface area contributed by atoms with Gasteiger partial charge in [0.05, 0.1) is 0 Å². The summed E-state index contributed by atoms with van der Waals surface area (Å²) in [5.74, 6) is -0.651. The zero-order valence-corrected chi connectivity index (χ0v) is 14.4. The van der Waals surface area contributed by atoms with Crippen LogP contribution >= 0.6 is 11.6 Å². The van der Waals surface area contributed by atoms with E-state index in [0.29, 0.717) is 21.7 Å². The summed E-state index contributed by atoms with van der Waals surface area (Å²) in [5.41, 5.74) is 1.61. The lowest BCUT2D eigenvalue weighted by Crippen LogP contribution is -2.10. The van der Waals surface area contributed by atoms with Gasteiger partial charge in [0, 0.05) is 22.7 Å². The molecule has 0 atom stereocenters. The summed E-state index contributed by atoms with van der Waals surface area (Å²) in [7, 11) is -2.76. The van der Waals surface area contributed by atoms with Crippen molar-refractivity contribution in [1.29, 1.82) is 0 Å². The van der Waals surface area contributed by atoms with E-state index in [4.69, 9.17) is 16.0 Å². The molecule has 8 heteroatoms. The lowest BCUT2D eigenvalue weighted by atomic mass is 10.0. The third-order valence-electron chi connectivity index (χ3n) is 3.63. The van der Waals surface area contributed by atoms with E-state index in [1.54, 1.807) is 48.5 Å². The number of aromatic hydroxyl groups is 2. The molecule has 130 valence electrons. The van der Waals surface area contributed by atoms with Crippen LogP contribution in [-0.4, -0.2) is 18.6 Å². The van der Waals surface area contributed by atoms with Crippen LogP contribution in [-0.2, 0) is 17.4 Å². The van der Waals surface area contributed by atoms with Gasteiger partial charge in [0.2, 0.25) is 22.4 Å². The number of thiol groups is 1. The highest BCUT2D eigenvalue weighted by atomic mass is 35.5. The lowest BCUT2D eigenvalue weighted by Gasteiger charge is -2.06. The summed E-state index contributed by atoms with van der Waals surface area (Å²) in [6.07, 6.45) is 0. The number of rotatable bonds is 5. The molecule has 0 aliphatic heterocycles. The van der Waals surface area contributed by atoms with E-state index in [1.807, 2.05) is 0 Å². The van der Waals surface area contributed by atoms with Gasteiger partial charge in [0.15, 0.2) is 11.5 Å². The Morgan fingerprint density at radius 2 is 1.60 bits per heavy atom. The molecule has 1 heterocycles. The van der Waals surface area contributed by atoms with E-state index < -0.39 is 22.4 Å². The Kier molecular flexibility index (Phi) is 4.98. The minimum absolute atomic E-state index is 0.0338. The number of hydrogen-bond donors (Lipinski definition) is 4. The molecule has 0 saturated carbocycles. The third-order valence-corrected chi connectivity index (χ3v) is 4.29. The van der Waals surface area contributed by atoms with E-state index in [1.165, 1.54) is 0 Å². The summed E-state index contributed by atoms with van der Waals surface area (Å²) in [6.45, 7) is 0.0338. The maximum atomic E-state index is 10.8. The molecular weight excluding hydrogens is 366 g/mol. The predicted molar refractivity (Wildman–Crippen MR) is 95.1 cm³/mol. The van der Waals surface area contributed by atoms with Crippen LogP contribution in [0.2, 0.25) is 5.02 Å². The zero-order valence-electron chi connectivity index (χ0n) is 12.8. The molecule has 6 nitrogen and oxygen atoms in total. The average molecular weight is 380 g/mol. The topological polar surface area (TPSA) is 99.8 Å². The van der Waals surface area contributed by atoms with Gasteiger partial charge in [-0.15, -0.1) is 0 Å². The smallest absolute Gasteiger partial charge is 0.205 e. The van der Waals surface area contributed by atoms with Crippen LogP contribution in [0.25, 0.3) is 22.6 Å². The van der Waals surface area contributed by atoms with E-state index >= 15 is 0 Å². The van der Waals surface area contributed by atoms with Crippen molar-refractivity contribution in [2.75, 3.05) is 0 Å². The SMILES string of the molecule is O=[SH](=O)NCc1ccccc1-c1oc(-c2ccc(Cl)cc2)c(O)c1O. The Morgan fingerprint density at radius 1 is 0.960 bits per heavy atom. The molecule has 0 spiro atoms. The molecule has 0 bridgehead atoms. The molecule has 1 aromatic heterocycles. The van der Waals surface area contributed by atoms with Crippen LogP contribution in [0, 0.1) is 0 Å². The highest BCUT2D eigenvalue weighted by Crippen LogP contribution is 2.47. The summed E-state index contributed by atoms with van der Waals surface area (Å²) >= 11 is 5.85. The van der Waals surface area contributed by atoms with Crippen LogP contribution in [0.1, 0.15) is 5.56 Å². The minimum atomic E-state index is -2.76. The van der Waals surface area contributed by atoms with Crippen molar-refractivity contribution >= 4 is 22.5 Å². The van der Waals surface area contributed by atoms with Crippen molar-refractivity contribution in [3.8, 4) is 34.1 Å². The van der Waals surface area contributed by atoms with Gasteiger partial charge < -0.3 is 14.6 Å². The van der Waals surface area contributed by atoms with Gasteiger partial charge in [0.25, 0.3) is 0 Å². The third kappa shape index (κ3) is 3.63. The van der Waals surface area contributed by atoms with Crippen LogP contribution < -0.4 is 4.72 Å². The van der Waals surface area contributed by atoms with E-state index in [2.05, 4.69) is 4.72 Å². The van der Waals surface area contributed by atoms with Crippen molar-refractivity contribution in [3.05, 3.63) is 59.1 Å². The molecule has 0 fully saturated rings. The van der Waals surface area contributed by atoms with Crippen LogP contribution in [0.3, 0.4) is 0 Å². The van der Waals surface area contributed by atoms with Gasteiger partial charge in [-0.3, -0.25) is 0 Å². The molecule has 0 aliphatic carbocycles. The fourth-order valence-electron chi connectivity index (χ4n) is 2.44. The second-order valence-corrected chi connectivity index (χ2v) is 6.48. The number of benzene rings is 2. The van der Waals surface area contributed by atoms with Crippen molar-refractivity contribution in [3.63, 3.8) is 0 Å². The first kappa shape index (κ1) is 17.3. The number of halogens is 1. The molecule has 3 aromatic rings. The second kappa shape index (κ2) is 7.18. The zero-order chi connectivity index (χ0) is 18.0. The largest absolute Gasteiger partial charge is 0.502 e. The van der Waals surface area contributed by atoms with Crippen molar-refractivity contribution in [1.82, 2.24) is 4.72 Å². The van der Waals surface area contributed by atoms with Gasteiger partial charge in [-0.25, -0.2) is 13.1 Å². The Balaban J connectivity index is 2.07. The van der Waals surface area contributed by atoms with Gasteiger partial charge in [-0.05, 0) is 29.8 Å². The standard InChI is InChI=1S/C17H14ClNO5S/c18-12-7-5-10(6-8-12)16-14(20)15(21)17(24-16)13-4-2-1-3-11(13)9-19-25(22)23/h1-8,20-21,25H,9H2,(H,19,22,23). The molecular formula is C17H14ClNO5S. The molecule has 25 heavy (non-hydrogen) atoms. The predicted octanol–water partition coefficient (Wildman–Crippen LogP) is 3.29. The van der Waals surface area contributed by atoms with Gasteiger partial charge >= 0.3 is 0 Å². The van der Waals surface area contributed by atoms with Gasteiger partial charge in [-0.1, -0.05) is 35.9 Å². The number of furan rings is 1. The van der Waals surface area contributed by atoms with E-state index in [9.17, 15) is 18.6 Å². The van der Waals surface area contributed by atoms with E-state index in [0.717, 1.165) is 0 Å². The molecule has 0 amide bonds. The van der Waals surface area contributed by atoms with Crippen molar-refractivity contribution < 1.29 is 23.0 Å². The second-order valence-electron chi connectivity index (χ2n) is 5.21. The Morgan fingerprint density at radius 3 is 2.28 bits per heavy atom. The fourth-order valence-corrected chi connectivity index (χ4v) is 2.86. The highest BCUT2D eigenvalue weighted by Gasteiger charge is 2.23. The first-order valence-corrected chi connectivity index (χ1v) is 8.79. The first-order chi connectivity index (χ1) is 12.0. The monoisotopic (exact) mass is 379 g/mol. The summed E-state index contributed by atoms with van der Waals surface area (Å²) in [4.78, 5) is 0. The molecule has 2 aromatic carbocycles. The van der Waals surface area contributed by atoms with Crippen LogP contribution in [0.15, 0.2) is 52.9 Å². The molecule has 0 saturated heterocycles. The molecule has 0 unspecified atom stereocenters. The maximum Gasteiger partial charge on any atom is 0.205 e. The Hall–Kier alpha value is -2.48. The Bertz CT molecular complexity index is 971. The normalized spacial score (nSPS) is 11.1. The maximum absolute atomic E-state index is 10.8. The number of nitrogens with one attached hydrogen (secondary N) is 1. The van der Waals surface area contributed by atoms with Crippen molar-refractivity contribution in [2.24, 2.45) is 0 Å². The molecule has 3 rings (SSSR count). The van der Waals surface area contributed by atoms with Gasteiger partial charge in [-0.2, -0.15) is 0 Å².